The maximum absolute atomic E-state index is 14.2. The van der Waals surface area contributed by atoms with E-state index >= 15 is 0 Å². The summed E-state index contributed by atoms with van der Waals surface area (Å²) < 4.78 is 38.5. The fraction of sp³-hybridized carbons (Fsp3) is 0.471. The third-order valence-electron chi connectivity index (χ3n) is 3.33. The topological polar surface area (TPSA) is 35.5 Å². The van der Waals surface area contributed by atoms with Crippen LogP contribution in [0.15, 0.2) is 43.0 Å². The Morgan fingerprint density at radius 1 is 1.32 bits per heavy atom. The van der Waals surface area contributed by atoms with Crippen molar-refractivity contribution >= 4 is 5.97 Å². The van der Waals surface area contributed by atoms with Crippen molar-refractivity contribution in [2.45, 2.75) is 38.9 Å². The summed E-state index contributed by atoms with van der Waals surface area (Å²) in [4.78, 5) is 11.5. The molecule has 0 aliphatic carbocycles. The van der Waals surface area contributed by atoms with Crippen LogP contribution in [0.5, 0.6) is 0 Å². The van der Waals surface area contributed by atoms with E-state index in [1.807, 2.05) is 30.3 Å². The monoisotopic (exact) mass is 312 g/mol. The van der Waals surface area contributed by atoms with Crippen molar-refractivity contribution in [1.82, 2.24) is 0 Å². The highest BCUT2D eigenvalue weighted by Crippen LogP contribution is 2.33. The summed E-state index contributed by atoms with van der Waals surface area (Å²) in [5.41, 5.74) is 0.878. The smallest absolute Gasteiger partial charge is 0.377 e. The number of alkyl halides is 2. The highest BCUT2D eigenvalue weighted by Gasteiger charge is 2.50. The fourth-order valence-corrected chi connectivity index (χ4v) is 2.15. The van der Waals surface area contributed by atoms with Gasteiger partial charge in [0.25, 0.3) is 0 Å². The SMILES string of the molecule is C=CC([C@H](CC)OCc1ccccc1)C(F)(F)C(=O)OCC. The van der Waals surface area contributed by atoms with Crippen LogP contribution >= 0.6 is 0 Å². The van der Waals surface area contributed by atoms with Crippen LogP contribution in [0.4, 0.5) is 8.78 Å². The second-order valence-electron chi connectivity index (χ2n) is 4.85. The van der Waals surface area contributed by atoms with Crippen LogP contribution in [-0.2, 0) is 20.9 Å². The van der Waals surface area contributed by atoms with E-state index in [2.05, 4.69) is 11.3 Å². The minimum atomic E-state index is -3.66. The molecule has 2 atom stereocenters. The molecule has 0 aliphatic rings. The van der Waals surface area contributed by atoms with Crippen LogP contribution in [0.25, 0.3) is 0 Å². The van der Waals surface area contributed by atoms with Crippen LogP contribution in [0.3, 0.4) is 0 Å². The van der Waals surface area contributed by atoms with Crippen molar-refractivity contribution in [3.05, 3.63) is 48.6 Å². The lowest BCUT2D eigenvalue weighted by atomic mass is 9.93. The Morgan fingerprint density at radius 3 is 2.45 bits per heavy atom. The van der Waals surface area contributed by atoms with Crippen molar-refractivity contribution in [3.63, 3.8) is 0 Å². The summed E-state index contributed by atoms with van der Waals surface area (Å²) in [6.07, 6.45) is 0.575. The lowest BCUT2D eigenvalue weighted by molar-refractivity contribution is -0.185. The molecule has 0 heterocycles. The molecule has 0 fully saturated rings. The van der Waals surface area contributed by atoms with Crippen molar-refractivity contribution in [1.29, 1.82) is 0 Å². The minimum Gasteiger partial charge on any atom is -0.462 e. The van der Waals surface area contributed by atoms with Crippen LogP contribution in [0.2, 0.25) is 0 Å². The largest absolute Gasteiger partial charge is 0.462 e. The number of ether oxygens (including phenoxy) is 2. The Balaban J connectivity index is 2.80. The zero-order chi connectivity index (χ0) is 16.6. The molecule has 122 valence electrons. The third kappa shape index (κ3) is 4.63. The average molecular weight is 312 g/mol. The predicted octanol–water partition coefficient (Wildman–Crippen LogP) is 3.98. The molecule has 0 bridgehead atoms. The quantitative estimate of drug-likeness (QED) is 0.511. The zero-order valence-corrected chi connectivity index (χ0v) is 12.9. The van der Waals surface area contributed by atoms with Gasteiger partial charge in [0.1, 0.15) is 0 Å². The predicted molar refractivity (Wildman–Crippen MR) is 80.6 cm³/mol. The number of halogens is 2. The molecule has 1 rings (SSSR count). The number of hydrogen-bond acceptors (Lipinski definition) is 3. The highest BCUT2D eigenvalue weighted by atomic mass is 19.3. The number of carbonyl (C=O) groups is 1. The zero-order valence-electron chi connectivity index (χ0n) is 12.9. The standard InChI is InChI=1S/C17H22F2O3/c1-4-14(17(18,19)16(20)21-6-3)15(5-2)22-12-13-10-8-7-9-11-13/h4,7-11,14-15H,1,5-6,12H2,2-3H3/t14?,15-/m0/s1. The van der Waals surface area contributed by atoms with E-state index in [9.17, 15) is 13.6 Å². The second kappa shape index (κ2) is 8.63. The van der Waals surface area contributed by atoms with Gasteiger partial charge >= 0.3 is 11.9 Å². The molecule has 22 heavy (non-hydrogen) atoms. The average Bonchev–Trinajstić information content (AvgIpc) is 2.52. The van der Waals surface area contributed by atoms with Crippen molar-refractivity contribution in [2.24, 2.45) is 5.92 Å². The lowest BCUT2D eigenvalue weighted by Crippen LogP contribution is -2.44. The van der Waals surface area contributed by atoms with E-state index in [1.54, 1.807) is 6.92 Å². The molecule has 0 amide bonds. The van der Waals surface area contributed by atoms with Crippen molar-refractivity contribution < 1.29 is 23.0 Å². The molecule has 0 aliphatic heterocycles. The van der Waals surface area contributed by atoms with E-state index in [-0.39, 0.29) is 13.2 Å². The van der Waals surface area contributed by atoms with E-state index in [0.717, 1.165) is 11.6 Å². The molecular weight excluding hydrogens is 290 g/mol. The molecule has 0 radical (unpaired) electrons. The summed E-state index contributed by atoms with van der Waals surface area (Å²) in [6.45, 7) is 6.74. The lowest BCUT2D eigenvalue weighted by Gasteiger charge is -2.29. The Morgan fingerprint density at radius 2 is 1.95 bits per heavy atom. The minimum absolute atomic E-state index is 0.0973. The number of hydrogen-bond donors (Lipinski definition) is 0. The first kappa shape index (κ1) is 18.3. The molecule has 1 unspecified atom stereocenters. The number of rotatable bonds is 9. The Kier molecular flexibility index (Phi) is 7.18. The second-order valence-corrected chi connectivity index (χ2v) is 4.85. The van der Waals surface area contributed by atoms with Gasteiger partial charge in [-0.25, -0.2) is 4.79 Å². The maximum Gasteiger partial charge on any atom is 0.377 e. The van der Waals surface area contributed by atoms with Crippen LogP contribution in [0.1, 0.15) is 25.8 Å². The van der Waals surface area contributed by atoms with E-state index in [4.69, 9.17) is 4.74 Å². The molecule has 0 spiro atoms. The number of esters is 1. The van der Waals surface area contributed by atoms with Crippen LogP contribution in [-0.4, -0.2) is 24.6 Å². The summed E-state index contributed by atoms with van der Waals surface area (Å²) in [5.74, 6) is -6.63. The van der Waals surface area contributed by atoms with Gasteiger partial charge in [0.15, 0.2) is 0 Å². The normalized spacial score (nSPS) is 14.2. The molecule has 0 N–H and O–H groups in total. The first-order chi connectivity index (χ1) is 10.5. The maximum atomic E-state index is 14.2. The first-order valence-electron chi connectivity index (χ1n) is 7.30. The van der Waals surface area contributed by atoms with E-state index < -0.39 is 23.9 Å². The van der Waals surface area contributed by atoms with Gasteiger partial charge in [0, 0.05) is 0 Å². The highest BCUT2D eigenvalue weighted by molar-refractivity contribution is 5.78. The molecular formula is C17H22F2O3. The molecule has 1 aromatic rings. The van der Waals surface area contributed by atoms with Gasteiger partial charge in [0.2, 0.25) is 0 Å². The third-order valence-corrected chi connectivity index (χ3v) is 3.33. The molecule has 0 saturated heterocycles. The summed E-state index contributed by atoms with van der Waals surface area (Å²) in [7, 11) is 0. The first-order valence-corrected chi connectivity index (χ1v) is 7.30. The Hall–Kier alpha value is -1.75. The summed E-state index contributed by atoms with van der Waals surface area (Å²) in [6, 6.07) is 9.25. The van der Waals surface area contributed by atoms with Crippen LogP contribution in [0, 0.1) is 5.92 Å². The van der Waals surface area contributed by atoms with Gasteiger partial charge in [-0.2, -0.15) is 8.78 Å². The van der Waals surface area contributed by atoms with E-state index in [0.29, 0.717) is 6.42 Å². The van der Waals surface area contributed by atoms with Crippen molar-refractivity contribution in [3.8, 4) is 0 Å². The van der Waals surface area contributed by atoms with E-state index in [1.165, 1.54) is 6.92 Å². The van der Waals surface area contributed by atoms with Gasteiger partial charge in [0.05, 0.1) is 25.2 Å². The summed E-state index contributed by atoms with van der Waals surface area (Å²) >= 11 is 0. The molecule has 5 heteroatoms. The van der Waals surface area contributed by atoms with Gasteiger partial charge < -0.3 is 9.47 Å². The van der Waals surface area contributed by atoms with Gasteiger partial charge in [-0.3, -0.25) is 0 Å². The Labute approximate surface area is 129 Å². The van der Waals surface area contributed by atoms with Crippen molar-refractivity contribution in [2.75, 3.05) is 6.61 Å². The van der Waals surface area contributed by atoms with Gasteiger partial charge in [-0.1, -0.05) is 43.3 Å². The number of benzene rings is 1. The molecule has 3 nitrogen and oxygen atoms in total. The Bertz CT molecular complexity index is 474. The van der Waals surface area contributed by atoms with Gasteiger partial charge in [-0.15, -0.1) is 6.58 Å². The number of carbonyl (C=O) groups excluding carboxylic acids is 1. The summed E-state index contributed by atoms with van der Waals surface area (Å²) in [5, 5.41) is 0. The fourth-order valence-electron chi connectivity index (χ4n) is 2.15. The van der Waals surface area contributed by atoms with Gasteiger partial charge in [-0.05, 0) is 18.9 Å². The van der Waals surface area contributed by atoms with Crippen LogP contribution < -0.4 is 0 Å². The molecule has 0 aromatic heterocycles. The molecule has 1 aromatic carbocycles. The molecule has 0 saturated carbocycles.